The molecule has 1 saturated carbocycles. The zero-order valence-electron chi connectivity index (χ0n) is 14.1. The van der Waals surface area contributed by atoms with Crippen LogP contribution in [0.3, 0.4) is 0 Å². The number of nitrogens with zero attached hydrogens (tertiary/aromatic N) is 1. The van der Waals surface area contributed by atoms with E-state index in [0.717, 1.165) is 31.2 Å². The molecule has 0 N–H and O–H groups in total. The van der Waals surface area contributed by atoms with Gasteiger partial charge in [0.15, 0.2) is 11.6 Å². The van der Waals surface area contributed by atoms with Gasteiger partial charge in [0.25, 0.3) is 0 Å². The minimum atomic E-state index is -3.15. The fourth-order valence-corrected chi connectivity index (χ4v) is 3.58. The summed E-state index contributed by atoms with van der Waals surface area (Å²) in [4.78, 5) is 4.35. The van der Waals surface area contributed by atoms with Gasteiger partial charge in [-0.05, 0) is 61.3 Å². The minimum absolute atomic E-state index is 0.147. The standard InChI is InChI=1S/C20H19ClF3NO/c1-2-12-3-5-13(6-4-12)14-7-10-17(25-11-14)15-8-9-16(21)18(22)19(15)26-20(23)24/h2,7-13,20H,1,3-6H2. The second-order valence-electron chi connectivity index (χ2n) is 6.44. The van der Waals surface area contributed by atoms with Crippen LogP contribution in [0.4, 0.5) is 13.2 Å². The molecule has 0 atom stereocenters. The van der Waals surface area contributed by atoms with Crippen LogP contribution in [0.25, 0.3) is 11.3 Å². The van der Waals surface area contributed by atoms with Crippen molar-refractivity contribution in [2.75, 3.05) is 0 Å². The summed E-state index contributed by atoms with van der Waals surface area (Å²) < 4.78 is 43.7. The number of hydrogen-bond donors (Lipinski definition) is 0. The molecule has 1 fully saturated rings. The van der Waals surface area contributed by atoms with Crippen LogP contribution in [0.5, 0.6) is 5.75 Å². The zero-order valence-corrected chi connectivity index (χ0v) is 14.9. The SMILES string of the molecule is C=CC1CCC(c2ccc(-c3ccc(Cl)c(F)c3OC(F)F)nc2)CC1. The lowest BCUT2D eigenvalue weighted by Gasteiger charge is -2.26. The van der Waals surface area contributed by atoms with E-state index in [-0.39, 0.29) is 10.6 Å². The van der Waals surface area contributed by atoms with Crippen LogP contribution in [0.1, 0.15) is 37.2 Å². The molecule has 0 aliphatic heterocycles. The molecular weight excluding hydrogens is 363 g/mol. The molecule has 0 amide bonds. The lowest BCUT2D eigenvalue weighted by atomic mass is 9.79. The molecule has 0 unspecified atom stereocenters. The van der Waals surface area contributed by atoms with E-state index < -0.39 is 18.2 Å². The topological polar surface area (TPSA) is 22.1 Å². The van der Waals surface area contributed by atoms with Crippen molar-refractivity contribution in [3.8, 4) is 17.0 Å². The van der Waals surface area contributed by atoms with Gasteiger partial charge < -0.3 is 4.74 Å². The molecule has 0 saturated heterocycles. The van der Waals surface area contributed by atoms with Crippen molar-refractivity contribution in [2.45, 2.75) is 38.2 Å². The van der Waals surface area contributed by atoms with Gasteiger partial charge >= 0.3 is 6.61 Å². The van der Waals surface area contributed by atoms with E-state index in [1.165, 1.54) is 12.1 Å². The van der Waals surface area contributed by atoms with Crippen molar-refractivity contribution in [2.24, 2.45) is 5.92 Å². The summed E-state index contributed by atoms with van der Waals surface area (Å²) in [5, 5.41) is -0.278. The number of alkyl halides is 2. The van der Waals surface area contributed by atoms with Gasteiger partial charge in [0.05, 0.1) is 10.7 Å². The van der Waals surface area contributed by atoms with Crippen LogP contribution >= 0.6 is 11.6 Å². The molecule has 3 rings (SSSR count). The molecule has 138 valence electrons. The van der Waals surface area contributed by atoms with Crippen LogP contribution in [0.15, 0.2) is 43.1 Å². The number of hydrogen-bond acceptors (Lipinski definition) is 2. The van der Waals surface area contributed by atoms with Gasteiger partial charge in [-0.25, -0.2) is 4.39 Å². The second kappa shape index (κ2) is 8.12. The molecule has 0 bridgehead atoms. The summed E-state index contributed by atoms with van der Waals surface area (Å²) >= 11 is 5.68. The van der Waals surface area contributed by atoms with Crippen molar-refractivity contribution in [1.82, 2.24) is 4.98 Å². The molecule has 2 nitrogen and oxygen atoms in total. The van der Waals surface area contributed by atoms with Crippen LogP contribution < -0.4 is 4.74 Å². The fraction of sp³-hybridized carbons (Fsp3) is 0.350. The van der Waals surface area contributed by atoms with E-state index >= 15 is 0 Å². The number of allylic oxidation sites excluding steroid dienone is 1. The Kier molecular flexibility index (Phi) is 5.87. The highest BCUT2D eigenvalue weighted by Crippen LogP contribution is 2.38. The number of benzene rings is 1. The van der Waals surface area contributed by atoms with Crippen molar-refractivity contribution < 1.29 is 17.9 Å². The Morgan fingerprint density at radius 3 is 2.46 bits per heavy atom. The average molecular weight is 382 g/mol. The zero-order chi connectivity index (χ0) is 18.7. The van der Waals surface area contributed by atoms with E-state index in [9.17, 15) is 13.2 Å². The second-order valence-corrected chi connectivity index (χ2v) is 6.85. The third kappa shape index (κ3) is 4.04. The summed E-state index contributed by atoms with van der Waals surface area (Å²) in [6.45, 7) is 0.700. The van der Waals surface area contributed by atoms with Gasteiger partial charge in [-0.3, -0.25) is 4.98 Å². The molecule has 1 aromatic carbocycles. The average Bonchev–Trinajstić information content (AvgIpc) is 2.66. The molecule has 0 radical (unpaired) electrons. The summed E-state index contributed by atoms with van der Waals surface area (Å²) in [5.41, 5.74) is 1.61. The molecule has 1 aliphatic carbocycles. The number of halogens is 4. The van der Waals surface area contributed by atoms with E-state index in [4.69, 9.17) is 11.6 Å². The molecule has 26 heavy (non-hydrogen) atoms. The van der Waals surface area contributed by atoms with E-state index in [1.807, 2.05) is 12.1 Å². The Bertz CT molecular complexity index is 771. The number of aromatic nitrogens is 1. The number of ether oxygens (including phenoxy) is 1. The highest BCUT2D eigenvalue weighted by molar-refractivity contribution is 6.31. The maximum absolute atomic E-state index is 14.1. The summed E-state index contributed by atoms with van der Waals surface area (Å²) in [6, 6.07) is 6.35. The van der Waals surface area contributed by atoms with Crippen molar-refractivity contribution >= 4 is 11.6 Å². The number of pyridine rings is 1. The minimum Gasteiger partial charge on any atom is -0.431 e. The molecule has 6 heteroatoms. The quantitative estimate of drug-likeness (QED) is 0.544. The first kappa shape index (κ1) is 18.8. The van der Waals surface area contributed by atoms with Crippen LogP contribution in [-0.4, -0.2) is 11.6 Å². The third-order valence-corrected chi connectivity index (χ3v) is 5.19. The van der Waals surface area contributed by atoms with Crippen LogP contribution in [0.2, 0.25) is 5.02 Å². The Morgan fingerprint density at radius 2 is 1.88 bits per heavy atom. The monoisotopic (exact) mass is 381 g/mol. The first-order valence-electron chi connectivity index (χ1n) is 8.51. The van der Waals surface area contributed by atoms with Gasteiger partial charge in [-0.15, -0.1) is 6.58 Å². The first-order valence-corrected chi connectivity index (χ1v) is 8.89. The number of rotatable bonds is 5. The third-order valence-electron chi connectivity index (χ3n) is 4.90. The van der Waals surface area contributed by atoms with E-state index in [0.29, 0.717) is 17.5 Å². The fourth-order valence-electron chi connectivity index (χ4n) is 3.43. The molecule has 0 spiro atoms. The molecule has 1 aliphatic rings. The molecule has 1 heterocycles. The van der Waals surface area contributed by atoms with Gasteiger partial charge in [0.2, 0.25) is 0 Å². The highest BCUT2D eigenvalue weighted by Gasteiger charge is 2.22. The Labute approximate surface area is 155 Å². The predicted octanol–water partition coefficient (Wildman–Crippen LogP) is 6.60. The first-order chi connectivity index (χ1) is 12.5. The lowest BCUT2D eigenvalue weighted by molar-refractivity contribution is -0.0517. The Morgan fingerprint density at radius 1 is 1.15 bits per heavy atom. The largest absolute Gasteiger partial charge is 0.431 e. The maximum Gasteiger partial charge on any atom is 0.387 e. The van der Waals surface area contributed by atoms with Crippen LogP contribution in [0, 0.1) is 11.7 Å². The van der Waals surface area contributed by atoms with Gasteiger partial charge in [0.1, 0.15) is 0 Å². The van der Waals surface area contributed by atoms with Gasteiger partial charge in [0, 0.05) is 11.8 Å². The predicted molar refractivity (Wildman–Crippen MR) is 96.2 cm³/mol. The summed E-state index contributed by atoms with van der Waals surface area (Å²) in [6.07, 6.45) is 8.07. The maximum atomic E-state index is 14.1. The molecule has 1 aromatic heterocycles. The normalized spacial score (nSPS) is 20.2. The van der Waals surface area contributed by atoms with Crippen LogP contribution in [-0.2, 0) is 0 Å². The van der Waals surface area contributed by atoms with Crippen molar-refractivity contribution in [3.63, 3.8) is 0 Å². The van der Waals surface area contributed by atoms with Gasteiger partial charge in [-0.1, -0.05) is 23.7 Å². The lowest BCUT2D eigenvalue weighted by Crippen LogP contribution is -2.11. The Balaban J connectivity index is 1.85. The van der Waals surface area contributed by atoms with E-state index in [1.54, 1.807) is 12.3 Å². The smallest absolute Gasteiger partial charge is 0.387 e. The van der Waals surface area contributed by atoms with Crippen molar-refractivity contribution in [1.29, 1.82) is 0 Å². The van der Waals surface area contributed by atoms with Gasteiger partial charge in [-0.2, -0.15) is 8.78 Å². The van der Waals surface area contributed by atoms with Crippen molar-refractivity contribution in [3.05, 3.63) is 59.5 Å². The molecule has 2 aromatic rings. The summed E-state index contributed by atoms with van der Waals surface area (Å²) in [5.74, 6) is -0.603. The Hall–Kier alpha value is -2.01. The van der Waals surface area contributed by atoms with E-state index in [2.05, 4.69) is 16.3 Å². The molecular formula is C20H19ClF3NO. The highest BCUT2D eigenvalue weighted by atomic mass is 35.5. The summed E-state index contributed by atoms with van der Waals surface area (Å²) in [7, 11) is 0.